The van der Waals surface area contributed by atoms with Crippen LogP contribution in [0.1, 0.15) is 32.3 Å². The minimum Gasteiger partial charge on any atom is -0.741 e. The van der Waals surface area contributed by atoms with E-state index >= 15 is 0 Å². The summed E-state index contributed by atoms with van der Waals surface area (Å²) in [5.41, 5.74) is -2.71. The third kappa shape index (κ3) is 5.17. The van der Waals surface area contributed by atoms with Crippen LogP contribution in [0.3, 0.4) is 0 Å². The van der Waals surface area contributed by atoms with Crippen LogP contribution in [0, 0.1) is 0 Å². The van der Waals surface area contributed by atoms with Gasteiger partial charge in [-0.1, -0.05) is 42.5 Å². The number of hydrogen-bond donors (Lipinski definition) is 0. The van der Waals surface area contributed by atoms with Gasteiger partial charge in [0.1, 0.15) is 11.4 Å². The van der Waals surface area contributed by atoms with Crippen molar-refractivity contribution in [3.05, 3.63) is 95.6 Å². The summed E-state index contributed by atoms with van der Waals surface area (Å²) in [7, 11) is -0.565. The third-order valence-electron chi connectivity index (χ3n) is 6.43. The molecule has 0 N–H and O–H groups in total. The Bertz CT molecular complexity index is 1540. The normalized spacial score (nSPS) is 18.5. The van der Waals surface area contributed by atoms with E-state index in [0.717, 1.165) is 22.8 Å². The molecule has 210 valence electrons. The molecule has 2 amide bonds. The second-order valence-corrected chi connectivity index (χ2v) is 10.4. The number of rotatable bonds is 4. The van der Waals surface area contributed by atoms with Crippen LogP contribution in [-0.4, -0.2) is 72.9 Å². The quantitative estimate of drug-likeness (QED) is 0.202. The van der Waals surface area contributed by atoms with Gasteiger partial charge in [-0.05, 0) is 42.0 Å². The summed E-state index contributed by atoms with van der Waals surface area (Å²) in [5.74, 6) is 1.17. The lowest BCUT2D eigenvalue weighted by molar-refractivity contribution is -0.470. The van der Waals surface area contributed by atoms with Crippen molar-refractivity contribution in [1.29, 1.82) is 0 Å². The summed E-state index contributed by atoms with van der Waals surface area (Å²) < 4.78 is 66.2. The van der Waals surface area contributed by atoms with E-state index < -0.39 is 21.7 Å². The number of halogens is 3. The van der Waals surface area contributed by atoms with Crippen molar-refractivity contribution in [2.24, 2.45) is 0 Å². The maximum absolute atomic E-state index is 13.4. The van der Waals surface area contributed by atoms with Gasteiger partial charge in [-0.15, -0.1) is 0 Å². The van der Waals surface area contributed by atoms with E-state index in [9.17, 15) is 22.8 Å². The molecular weight excluding hydrogens is 551 g/mol. The van der Waals surface area contributed by atoms with Crippen LogP contribution >= 0.6 is 0 Å². The first-order valence-electron chi connectivity index (χ1n) is 11.8. The van der Waals surface area contributed by atoms with Crippen molar-refractivity contribution in [2.45, 2.75) is 17.6 Å². The summed E-state index contributed by atoms with van der Waals surface area (Å²) in [6, 6.07) is 24.3. The second kappa shape index (κ2) is 10.7. The smallest absolute Gasteiger partial charge is 0.485 e. The van der Waals surface area contributed by atoms with Gasteiger partial charge >= 0.3 is 5.51 Å². The summed E-state index contributed by atoms with van der Waals surface area (Å²) in [6.45, 7) is 0. The summed E-state index contributed by atoms with van der Waals surface area (Å²) in [6.07, 6.45) is 0. The predicted octanol–water partition coefficient (Wildman–Crippen LogP) is 3.64. The summed E-state index contributed by atoms with van der Waals surface area (Å²) in [4.78, 5) is 30.3. The molecule has 0 unspecified atom stereocenters. The number of amides is 2. The number of imide groups is 1. The van der Waals surface area contributed by atoms with Crippen molar-refractivity contribution >= 4 is 33.5 Å². The molecule has 1 saturated heterocycles. The fourth-order valence-corrected chi connectivity index (χ4v) is 4.70. The minimum atomic E-state index is -6.09. The number of hydrogen-bond acceptors (Lipinski definition) is 6. The van der Waals surface area contributed by atoms with Crippen molar-refractivity contribution in [3.63, 3.8) is 0 Å². The Morgan fingerprint density at radius 3 is 1.70 bits per heavy atom. The number of methoxy groups -OCH3 is 1. The molecule has 0 radical (unpaired) electrons. The Morgan fingerprint density at radius 1 is 0.800 bits per heavy atom. The zero-order valence-electron chi connectivity index (χ0n) is 21.5. The fraction of sp³-hybridized carbons (Fsp3) is 0.222. The molecule has 13 heteroatoms. The van der Waals surface area contributed by atoms with Crippen LogP contribution in [0.4, 0.5) is 18.9 Å². The van der Waals surface area contributed by atoms with Crippen LogP contribution < -0.4 is 9.64 Å². The Labute approximate surface area is 228 Å². The molecule has 1 fully saturated rings. The monoisotopic (exact) mass is 575 g/mol. The molecule has 9 nitrogen and oxygen atoms in total. The van der Waals surface area contributed by atoms with Gasteiger partial charge < -0.3 is 9.29 Å². The van der Waals surface area contributed by atoms with Crippen LogP contribution in [-0.2, 0) is 10.1 Å². The van der Waals surface area contributed by atoms with E-state index in [4.69, 9.17) is 17.7 Å². The molecule has 2 atom stereocenters. The van der Waals surface area contributed by atoms with E-state index in [-0.39, 0.29) is 17.9 Å². The van der Waals surface area contributed by atoms with Crippen molar-refractivity contribution in [2.75, 3.05) is 26.1 Å². The number of fused-ring (bicyclic) bond motifs is 1. The zero-order valence-corrected chi connectivity index (χ0v) is 22.3. The molecule has 2 heterocycles. The van der Waals surface area contributed by atoms with Crippen LogP contribution in [0.5, 0.6) is 5.75 Å². The highest BCUT2D eigenvalue weighted by molar-refractivity contribution is 7.86. The Morgan fingerprint density at radius 2 is 1.27 bits per heavy atom. The van der Waals surface area contributed by atoms with Gasteiger partial charge in [-0.2, -0.15) is 13.2 Å². The number of anilines is 1. The molecule has 2 aliphatic rings. The van der Waals surface area contributed by atoms with E-state index in [2.05, 4.69) is 4.90 Å². The van der Waals surface area contributed by atoms with E-state index in [0.29, 0.717) is 11.1 Å². The van der Waals surface area contributed by atoms with Crippen molar-refractivity contribution in [3.8, 4) is 5.75 Å². The molecule has 0 spiro atoms. The Kier molecular flexibility index (Phi) is 7.72. The topological polar surface area (TPSA) is 110 Å². The highest BCUT2D eigenvalue weighted by atomic mass is 32.2. The van der Waals surface area contributed by atoms with E-state index in [1.165, 1.54) is 4.90 Å². The first-order valence-corrected chi connectivity index (χ1v) is 13.2. The van der Waals surface area contributed by atoms with Crippen LogP contribution in [0.15, 0.2) is 78.9 Å². The average molecular weight is 576 g/mol. The van der Waals surface area contributed by atoms with Gasteiger partial charge in [0.25, 0.3) is 17.6 Å². The number of nitrogens with zero attached hydrogens (tertiary/aromatic N) is 3. The molecule has 0 saturated carbocycles. The van der Waals surface area contributed by atoms with Gasteiger partial charge in [0.05, 0.1) is 32.3 Å². The Hall–Kier alpha value is -4.23. The molecule has 0 bridgehead atoms. The largest absolute Gasteiger partial charge is 0.741 e. The number of benzene rings is 3. The highest BCUT2D eigenvalue weighted by Crippen LogP contribution is 2.44. The minimum absolute atomic E-state index is 0.204. The number of carbonyl (C=O) groups excluding carboxylic acids is 2. The molecule has 0 aromatic heterocycles. The molecule has 5 rings (SSSR count). The second-order valence-electron chi connectivity index (χ2n) is 9.05. The number of amidine groups is 1. The third-order valence-corrected chi connectivity index (χ3v) is 6.99. The molecule has 0 aliphatic carbocycles. The van der Waals surface area contributed by atoms with Gasteiger partial charge in [0, 0.05) is 0 Å². The molecular formula is C27H24F3N3O6S. The first kappa shape index (κ1) is 28.8. The summed E-state index contributed by atoms with van der Waals surface area (Å²) >= 11 is 0. The fourth-order valence-electron chi connectivity index (χ4n) is 4.70. The number of carbonyl (C=O) groups is 2. The van der Waals surface area contributed by atoms with E-state index in [1.807, 2.05) is 73.3 Å². The van der Waals surface area contributed by atoms with Crippen molar-refractivity contribution < 1.29 is 45.0 Å². The number of alkyl halides is 3. The van der Waals surface area contributed by atoms with Gasteiger partial charge in [-0.25, -0.2) is 13.3 Å². The van der Waals surface area contributed by atoms with E-state index in [1.54, 1.807) is 31.4 Å². The Balaban J connectivity index is 0.000000406. The highest BCUT2D eigenvalue weighted by Gasteiger charge is 2.61. The average Bonchev–Trinajstić information content (AvgIpc) is 3.13. The molecule has 3 aromatic rings. The molecule has 3 aromatic carbocycles. The molecule has 2 aliphatic heterocycles. The maximum Gasteiger partial charge on any atom is 0.485 e. The van der Waals surface area contributed by atoms with Crippen molar-refractivity contribution in [1.82, 2.24) is 4.90 Å². The first-order chi connectivity index (χ1) is 18.8. The zero-order chi connectivity index (χ0) is 29.4. The SMILES string of the molecule is COc1ccc(N2C(=[N+](C)C)[C@@H](N3C(=O)c4ccccc4C3=O)[C@H]2c2ccccc2)cc1.O=S(=O)([O-])C(F)(F)F. The van der Waals surface area contributed by atoms with Crippen LogP contribution in [0.25, 0.3) is 0 Å². The van der Waals surface area contributed by atoms with Gasteiger partial charge in [0.2, 0.25) is 0 Å². The lowest BCUT2D eigenvalue weighted by Crippen LogP contribution is -2.69. The predicted molar refractivity (Wildman–Crippen MR) is 138 cm³/mol. The van der Waals surface area contributed by atoms with Gasteiger partial charge in [0.15, 0.2) is 22.2 Å². The lowest BCUT2D eigenvalue weighted by atomic mass is 9.85. The maximum atomic E-state index is 13.4. The number of ether oxygens (including phenoxy) is 1. The molecule has 40 heavy (non-hydrogen) atoms. The van der Waals surface area contributed by atoms with Crippen LogP contribution in [0.2, 0.25) is 0 Å². The van der Waals surface area contributed by atoms with Gasteiger partial charge in [-0.3, -0.25) is 19.1 Å². The lowest BCUT2D eigenvalue weighted by Gasteiger charge is -2.46. The summed E-state index contributed by atoms with van der Waals surface area (Å²) in [5, 5.41) is 0. The standard InChI is InChI=1S/C26H24N3O3.CHF3O3S/c1-27(2)24-23(29-25(30)20-11-7-8-12-21(20)26(29)31)22(17-9-5-4-6-10-17)28(24)18-13-15-19(32-3)16-14-18;2-1(3,4)8(5,6)7/h4-16,22-23H,1-3H3;(H,5,6,7)/q+1;/p-1/t22-,23+;/m1./s1.